The molecule has 1 aliphatic rings. The normalized spacial score (nSPS) is 13.1. The summed E-state index contributed by atoms with van der Waals surface area (Å²) >= 11 is 0. The number of ether oxygens (including phenoxy) is 1. The van der Waals surface area contributed by atoms with E-state index in [0.29, 0.717) is 6.42 Å². The molecule has 164 valence electrons. The van der Waals surface area contributed by atoms with Gasteiger partial charge < -0.3 is 25.2 Å². The van der Waals surface area contributed by atoms with Gasteiger partial charge >= 0.3 is 12.1 Å². The van der Waals surface area contributed by atoms with Crippen LogP contribution in [0.2, 0.25) is 0 Å². The zero-order chi connectivity index (χ0) is 22.4. The number of amides is 2. The SMILES string of the molecule is CN(CCCO)C(=O)C(CC(=O)O)NC(=O)OCC1c2ccccc2-c2ccccc21. The maximum atomic E-state index is 12.5. The highest BCUT2D eigenvalue weighted by atomic mass is 16.5. The second kappa shape index (κ2) is 10.1. The lowest BCUT2D eigenvalue weighted by Gasteiger charge is -2.23. The minimum absolute atomic E-state index is 0.0637. The van der Waals surface area contributed by atoms with E-state index in [0.717, 1.165) is 22.3 Å². The van der Waals surface area contributed by atoms with Crippen molar-refractivity contribution in [1.82, 2.24) is 10.2 Å². The number of carboxylic acids is 1. The van der Waals surface area contributed by atoms with E-state index in [4.69, 9.17) is 14.9 Å². The van der Waals surface area contributed by atoms with Gasteiger partial charge in [-0.05, 0) is 28.7 Å². The molecule has 0 radical (unpaired) electrons. The van der Waals surface area contributed by atoms with Crippen molar-refractivity contribution in [2.45, 2.75) is 24.8 Å². The van der Waals surface area contributed by atoms with Crippen LogP contribution in [0.3, 0.4) is 0 Å². The Hall–Kier alpha value is -3.39. The third-order valence-electron chi connectivity index (χ3n) is 5.34. The number of aliphatic carboxylic acids is 1. The molecule has 8 nitrogen and oxygen atoms in total. The number of carboxylic acid groups (broad SMARTS) is 1. The van der Waals surface area contributed by atoms with E-state index in [2.05, 4.69) is 5.32 Å². The zero-order valence-electron chi connectivity index (χ0n) is 17.3. The third-order valence-corrected chi connectivity index (χ3v) is 5.34. The van der Waals surface area contributed by atoms with Crippen LogP contribution in [0.15, 0.2) is 48.5 Å². The molecule has 0 saturated heterocycles. The van der Waals surface area contributed by atoms with Gasteiger partial charge in [0.25, 0.3) is 0 Å². The second-order valence-corrected chi connectivity index (χ2v) is 7.46. The van der Waals surface area contributed by atoms with E-state index < -0.39 is 30.4 Å². The Morgan fingerprint density at radius 2 is 1.65 bits per heavy atom. The maximum absolute atomic E-state index is 12.5. The van der Waals surface area contributed by atoms with Crippen LogP contribution in [-0.4, -0.2) is 65.9 Å². The summed E-state index contributed by atoms with van der Waals surface area (Å²) in [4.78, 5) is 37.4. The number of aliphatic hydroxyl groups excluding tert-OH is 1. The molecule has 3 rings (SSSR count). The van der Waals surface area contributed by atoms with E-state index >= 15 is 0 Å². The van der Waals surface area contributed by atoms with Gasteiger partial charge in [-0.3, -0.25) is 9.59 Å². The van der Waals surface area contributed by atoms with Gasteiger partial charge in [0.1, 0.15) is 12.6 Å². The Labute approximate surface area is 180 Å². The van der Waals surface area contributed by atoms with Gasteiger partial charge in [-0.2, -0.15) is 0 Å². The topological polar surface area (TPSA) is 116 Å². The number of carbonyl (C=O) groups is 3. The molecule has 31 heavy (non-hydrogen) atoms. The molecule has 2 amide bonds. The number of likely N-dealkylation sites (N-methyl/N-ethyl adjacent to an activating group) is 1. The number of nitrogens with one attached hydrogen (secondary N) is 1. The highest BCUT2D eigenvalue weighted by Gasteiger charge is 2.30. The van der Waals surface area contributed by atoms with Crippen LogP contribution in [0.5, 0.6) is 0 Å². The summed E-state index contributed by atoms with van der Waals surface area (Å²) in [7, 11) is 1.49. The number of fused-ring (bicyclic) bond motifs is 3. The van der Waals surface area contributed by atoms with Crippen molar-refractivity contribution in [2.24, 2.45) is 0 Å². The first-order chi connectivity index (χ1) is 14.9. The van der Waals surface area contributed by atoms with Crippen LogP contribution >= 0.6 is 0 Å². The highest BCUT2D eigenvalue weighted by molar-refractivity contribution is 5.89. The first kappa shape index (κ1) is 22.3. The number of carbonyl (C=O) groups excluding carboxylic acids is 2. The smallest absolute Gasteiger partial charge is 0.407 e. The number of aliphatic hydroxyl groups is 1. The van der Waals surface area contributed by atoms with E-state index in [9.17, 15) is 14.4 Å². The van der Waals surface area contributed by atoms with Gasteiger partial charge in [0.15, 0.2) is 0 Å². The van der Waals surface area contributed by atoms with Crippen molar-refractivity contribution in [3.05, 3.63) is 59.7 Å². The molecule has 0 aromatic heterocycles. The molecule has 0 saturated carbocycles. The fourth-order valence-electron chi connectivity index (χ4n) is 3.84. The minimum atomic E-state index is -1.25. The highest BCUT2D eigenvalue weighted by Crippen LogP contribution is 2.44. The van der Waals surface area contributed by atoms with Gasteiger partial charge in [-0.1, -0.05) is 48.5 Å². The van der Waals surface area contributed by atoms with Crippen molar-refractivity contribution in [1.29, 1.82) is 0 Å². The van der Waals surface area contributed by atoms with Crippen molar-refractivity contribution in [3.8, 4) is 11.1 Å². The monoisotopic (exact) mass is 426 g/mol. The lowest BCUT2D eigenvalue weighted by Crippen LogP contribution is -2.49. The first-order valence-corrected chi connectivity index (χ1v) is 10.1. The summed E-state index contributed by atoms with van der Waals surface area (Å²) in [5.41, 5.74) is 4.30. The zero-order valence-corrected chi connectivity index (χ0v) is 17.3. The Morgan fingerprint density at radius 3 is 2.19 bits per heavy atom. The number of benzene rings is 2. The standard InChI is InChI=1S/C23H26N2O6/c1-25(11-6-12-26)22(29)20(13-21(27)28)24-23(30)31-14-19-17-9-4-2-7-15(17)16-8-3-5-10-18(16)19/h2-5,7-10,19-20,26H,6,11-14H2,1H3,(H,24,30)(H,27,28). The summed E-state index contributed by atoms with van der Waals surface area (Å²) in [6.45, 7) is 0.215. The Bertz CT molecular complexity index is 915. The predicted octanol–water partition coefficient (Wildman–Crippen LogP) is 2.21. The fourth-order valence-corrected chi connectivity index (χ4v) is 3.84. The van der Waals surface area contributed by atoms with Crippen LogP contribution in [0, 0.1) is 0 Å². The molecule has 3 N–H and O–H groups in total. The number of hydrogen-bond donors (Lipinski definition) is 3. The molecule has 2 aromatic rings. The fraction of sp³-hybridized carbons (Fsp3) is 0.348. The Kier molecular flexibility index (Phi) is 7.25. The largest absolute Gasteiger partial charge is 0.481 e. The maximum Gasteiger partial charge on any atom is 0.407 e. The van der Waals surface area contributed by atoms with E-state index in [1.165, 1.54) is 11.9 Å². The molecule has 0 heterocycles. The molecular formula is C23H26N2O6. The van der Waals surface area contributed by atoms with Crippen molar-refractivity contribution in [3.63, 3.8) is 0 Å². The van der Waals surface area contributed by atoms with E-state index in [-0.39, 0.29) is 25.7 Å². The van der Waals surface area contributed by atoms with Crippen LogP contribution in [0.25, 0.3) is 11.1 Å². The molecule has 1 unspecified atom stereocenters. The Morgan fingerprint density at radius 1 is 1.06 bits per heavy atom. The summed E-state index contributed by atoms with van der Waals surface area (Å²) < 4.78 is 5.41. The van der Waals surface area contributed by atoms with Crippen LogP contribution in [0.1, 0.15) is 29.9 Å². The number of rotatable bonds is 9. The summed E-state index contributed by atoms with van der Waals surface area (Å²) in [6, 6.07) is 14.6. The van der Waals surface area contributed by atoms with Gasteiger partial charge in [-0.25, -0.2) is 4.79 Å². The lowest BCUT2D eigenvalue weighted by molar-refractivity contribution is -0.142. The lowest BCUT2D eigenvalue weighted by atomic mass is 9.98. The predicted molar refractivity (Wildman–Crippen MR) is 114 cm³/mol. The average molecular weight is 426 g/mol. The molecular weight excluding hydrogens is 400 g/mol. The van der Waals surface area contributed by atoms with Crippen molar-refractivity contribution >= 4 is 18.0 Å². The average Bonchev–Trinajstić information content (AvgIpc) is 3.08. The molecule has 0 spiro atoms. The first-order valence-electron chi connectivity index (χ1n) is 10.1. The quantitative estimate of drug-likeness (QED) is 0.566. The minimum Gasteiger partial charge on any atom is -0.481 e. The van der Waals surface area contributed by atoms with Crippen LogP contribution in [-0.2, 0) is 14.3 Å². The molecule has 0 aliphatic heterocycles. The third kappa shape index (κ3) is 5.21. The molecule has 8 heteroatoms. The molecule has 0 bridgehead atoms. The van der Waals surface area contributed by atoms with Gasteiger partial charge in [0, 0.05) is 26.1 Å². The summed E-state index contributed by atoms with van der Waals surface area (Å²) in [6.07, 6.45) is -1.06. The molecule has 0 fully saturated rings. The number of nitrogens with zero attached hydrogens (tertiary/aromatic N) is 1. The number of alkyl carbamates (subject to hydrolysis) is 1. The van der Waals surface area contributed by atoms with Crippen LogP contribution in [0.4, 0.5) is 4.79 Å². The van der Waals surface area contributed by atoms with Gasteiger partial charge in [0.05, 0.1) is 6.42 Å². The molecule has 1 aliphatic carbocycles. The number of hydrogen-bond acceptors (Lipinski definition) is 5. The molecule has 1 atom stereocenters. The van der Waals surface area contributed by atoms with Crippen molar-refractivity contribution in [2.75, 3.05) is 26.8 Å². The Balaban J connectivity index is 1.66. The van der Waals surface area contributed by atoms with E-state index in [1.807, 2.05) is 48.5 Å². The summed E-state index contributed by atoms with van der Waals surface area (Å²) in [5, 5.41) is 20.4. The van der Waals surface area contributed by atoms with Gasteiger partial charge in [-0.15, -0.1) is 0 Å². The van der Waals surface area contributed by atoms with Gasteiger partial charge in [0.2, 0.25) is 5.91 Å². The molecule has 2 aromatic carbocycles. The van der Waals surface area contributed by atoms with Crippen molar-refractivity contribution < 1.29 is 29.3 Å². The van der Waals surface area contributed by atoms with E-state index in [1.54, 1.807) is 0 Å². The van der Waals surface area contributed by atoms with Crippen LogP contribution < -0.4 is 5.32 Å². The second-order valence-electron chi connectivity index (χ2n) is 7.46. The summed E-state index contributed by atoms with van der Waals surface area (Å²) in [5.74, 6) is -1.91.